The molecule has 1 saturated heterocycles. The fourth-order valence-electron chi connectivity index (χ4n) is 1.92. The van der Waals surface area contributed by atoms with Gasteiger partial charge in [-0.3, -0.25) is 0 Å². The van der Waals surface area contributed by atoms with Crippen molar-refractivity contribution in [3.63, 3.8) is 0 Å². The highest BCUT2D eigenvalue weighted by atomic mass is 19.1. The summed E-state index contributed by atoms with van der Waals surface area (Å²) >= 11 is 0. The molecular weight excluding hydrogens is 160 g/mol. The summed E-state index contributed by atoms with van der Waals surface area (Å²) < 4.78 is 26.6. The highest BCUT2D eigenvalue weighted by molar-refractivity contribution is 4.91. The molecule has 0 aromatic rings. The van der Waals surface area contributed by atoms with Gasteiger partial charge in [-0.2, -0.15) is 0 Å². The number of rotatable bonds is 0. The number of hydrogen-bond donors (Lipinski definition) is 1. The van der Waals surface area contributed by atoms with Crippen molar-refractivity contribution in [2.75, 3.05) is 13.1 Å². The van der Waals surface area contributed by atoms with Crippen molar-refractivity contribution in [3.05, 3.63) is 0 Å². The third-order valence-electron chi connectivity index (χ3n) is 2.46. The van der Waals surface area contributed by atoms with Gasteiger partial charge < -0.3 is 5.32 Å². The Kier molecular flexibility index (Phi) is 2.71. The van der Waals surface area contributed by atoms with Gasteiger partial charge in [0.05, 0.1) is 0 Å². The van der Waals surface area contributed by atoms with E-state index >= 15 is 0 Å². The third kappa shape index (κ3) is 1.94. The van der Waals surface area contributed by atoms with Crippen LogP contribution in [0.1, 0.15) is 20.8 Å². The van der Waals surface area contributed by atoms with Gasteiger partial charge in [-0.25, -0.2) is 8.78 Å². The zero-order chi connectivity index (χ0) is 9.35. The summed E-state index contributed by atoms with van der Waals surface area (Å²) in [6.07, 6.45) is -2.09. The second-order valence-electron chi connectivity index (χ2n) is 4.58. The Balaban J connectivity index is 2.69. The number of alkyl halides is 2. The third-order valence-corrected chi connectivity index (χ3v) is 2.46. The molecule has 0 saturated carbocycles. The topological polar surface area (TPSA) is 12.0 Å². The first-order chi connectivity index (χ1) is 5.43. The maximum Gasteiger partial charge on any atom is 0.119 e. The molecule has 3 heteroatoms. The number of hydrogen-bond acceptors (Lipinski definition) is 1. The predicted molar refractivity (Wildman–Crippen MR) is 45.6 cm³/mol. The quantitative estimate of drug-likeness (QED) is 0.596. The second-order valence-corrected chi connectivity index (χ2v) is 4.58. The van der Waals surface area contributed by atoms with Crippen LogP contribution in [0.3, 0.4) is 0 Å². The Labute approximate surface area is 72.5 Å². The Morgan fingerprint density at radius 1 is 1.08 bits per heavy atom. The standard InChI is InChI=1S/C9H17F2N/c1-9(2,3)8-6(10)4-12-5-7(8)11/h6-8,12H,4-5H2,1-3H3. The molecule has 0 spiro atoms. The lowest BCUT2D eigenvalue weighted by atomic mass is 9.73. The molecular formula is C9H17F2N. The number of halogens is 2. The zero-order valence-electron chi connectivity index (χ0n) is 7.90. The highest BCUT2D eigenvalue weighted by Gasteiger charge is 2.41. The maximum absolute atomic E-state index is 13.3. The Morgan fingerprint density at radius 3 is 1.75 bits per heavy atom. The van der Waals surface area contributed by atoms with Crippen molar-refractivity contribution in [2.24, 2.45) is 11.3 Å². The molecule has 0 bridgehead atoms. The van der Waals surface area contributed by atoms with E-state index in [1.165, 1.54) is 0 Å². The van der Waals surface area contributed by atoms with Crippen LogP contribution in [0.15, 0.2) is 0 Å². The molecule has 1 N–H and O–H groups in total. The van der Waals surface area contributed by atoms with E-state index in [4.69, 9.17) is 0 Å². The van der Waals surface area contributed by atoms with Gasteiger partial charge in [-0.1, -0.05) is 20.8 Å². The van der Waals surface area contributed by atoms with E-state index in [1.807, 2.05) is 20.8 Å². The molecule has 1 aliphatic heterocycles. The van der Waals surface area contributed by atoms with E-state index in [0.29, 0.717) is 13.1 Å². The fraction of sp³-hybridized carbons (Fsp3) is 1.00. The minimum atomic E-state index is -1.05. The SMILES string of the molecule is CC(C)(C)C1C(F)CNCC1F. The smallest absolute Gasteiger partial charge is 0.119 e. The summed E-state index contributed by atoms with van der Waals surface area (Å²) in [6, 6.07) is 0. The maximum atomic E-state index is 13.3. The van der Waals surface area contributed by atoms with Crippen molar-refractivity contribution in [3.8, 4) is 0 Å². The molecule has 0 radical (unpaired) electrons. The van der Waals surface area contributed by atoms with Crippen molar-refractivity contribution < 1.29 is 8.78 Å². The minimum absolute atomic E-state index is 0.277. The summed E-state index contributed by atoms with van der Waals surface area (Å²) in [5.41, 5.74) is -0.277. The Hall–Kier alpha value is -0.180. The summed E-state index contributed by atoms with van der Waals surface area (Å²) in [7, 11) is 0. The normalized spacial score (nSPS) is 38.2. The predicted octanol–water partition coefficient (Wildman–Crippen LogP) is 1.93. The van der Waals surface area contributed by atoms with Crippen LogP contribution in [0, 0.1) is 11.3 Å². The van der Waals surface area contributed by atoms with Gasteiger partial charge in [0.15, 0.2) is 0 Å². The first-order valence-corrected chi connectivity index (χ1v) is 4.42. The van der Waals surface area contributed by atoms with Gasteiger partial charge in [0.2, 0.25) is 0 Å². The average molecular weight is 177 g/mol. The molecule has 12 heavy (non-hydrogen) atoms. The van der Waals surface area contributed by atoms with Crippen molar-refractivity contribution in [1.82, 2.24) is 5.32 Å². The van der Waals surface area contributed by atoms with Crippen LogP contribution in [-0.4, -0.2) is 25.4 Å². The monoisotopic (exact) mass is 177 g/mol. The lowest BCUT2D eigenvalue weighted by Gasteiger charge is -2.39. The van der Waals surface area contributed by atoms with Crippen LogP contribution in [0.2, 0.25) is 0 Å². The number of piperidine rings is 1. The van der Waals surface area contributed by atoms with Gasteiger partial charge >= 0.3 is 0 Å². The molecule has 0 amide bonds. The largest absolute Gasteiger partial charge is 0.311 e. The lowest BCUT2D eigenvalue weighted by molar-refractivity contribution is 0.0150. The van der Waals surface area contributed by atoms with Gasteiger partial charge in [0, 0.05) is 19.0 Å². The van der Waals surface area contributed by atoms with E-state index < -0.39 is 18.3 Å². The van der Waals surface area contributed by atoms with Gasteiger partial charge in [0.1, 0.15) is 12.3 Å². The van der Waals surface area contributed by atoms with Crippen LogP contribution in [0.25, 0.3) is 0 Å². The second kappa shape index (κ2) is 3.29. The molecule has 1 nitrogen and oxygen atoms in total. The minimum Gasteiger partial charge on any atom is -0.311 e. The Bertz CT molecular complexity index is 143. The number of nitrogens with one attached hydrogen (secondary N) is 1. The van der Waals surface area contributed by atoms with Gasteiger partial charge in [-0.15, -0.1) is 0 Å². The van der Waals surface area contributed by atoms with Crippen molar-refractivity contribution in [1.29, 1.82) is 0 Å². The first kappa shape index (κ1) is 9.90. The molecule has 1 heterocycles. The van der Waals surface area contributed by atoms with Gasteiger partial charge in [-0.05, 0) is 5.41 Å². The van der Waals surface area contributed by atoms with Crippen molar-refractivity contribution in [2.45, 2.75) is 33.1 Å². The van der Waals surface area contributed by atoms with E-state index in [-0.39, 0.29) is 5.41 Å². The molecule has 0 aromatic carbocycles. The van der Waals surface area contributed by atoms with Crippen LogP contribution in [0.5, 0.6) is 0 Å². The van der Waals surface area contributed by atoms with E-state index in [1.54, 1.807) is 0 Å². The zero-order valence-corrected chi connectivity index (χ0v) is 7.90. The summed E-state index contributed by atoms with van der Waals surface area (Å²) in [6.45, 7) is 6.26. The molecule has 1 rings (SSSR count). The first-order valence-electron chi connectivity index (χ1n) is 4.42. The van der Waals surface area contributed by atoms with E-state index in [2.05, 4.69) is 5.32 Å². The van der Waals surface area contributed by atoms with E-state index in [9.17, 15) is 8.78 Å². The van der Waals surface area contributed by atoms with Gasteiger partial charge in [0.25, 0.3) is 0 Å². The van der Waals surface area contributed by atoms with Crippen LogP contribution in [-0.2, 0) is 0 Å². The van der Waals surface area contributed by atoms with E-state index in [0.717, 1.165) is 0 Å². The fourth-order valence-corrected chi connectivity index (χ4v) is 1.92. The van der Waals surface area contributed by atoms with Crippen LogP contribution >= 0.6 is 0 Å². The highest BCUT2D eigenvalue weighted by Crippen LogP contribution is 2.35. The van der Waals surface area contributed by atoms with Crippen LogP contribution in [0.4, 0.5) is 8.78 Å². The summed E-state index contributed by atoms with van der Waals surface area (Å²) in [4.78, 5) is 0. The molecule has 0 aromatic heterocycles. The molecule has 1 aliphatic rings. The average Bonchev–Trinajstić information content (AvgIpc) is 1.82. The van der Waals surface area contributed by atoms with Crippen molar-refractivity contribution >= 4 is 0 Å². The Morgan fingerprint density at radius 2 is 1.50 bits per heavy atom. The molecule has 2 unspecified atom stereocenters. The molecule has 1 fully saturated rings. The molecule has 72 valence electrons. The molecule has 0 aliphatic carbocycles. The lowest BCUT2D eigenvalue weighted by Crippen LogP contribution is -2.51. The summed E-state index contributed by atoms with van der Waals surface area (Å²) in [5.74, 6) is -0.459. The summed E-state index contributed by atoms with van der Waals surface area (Å²) in [5, 5.41) is 2.74. The van der Waals surface area contributed by atoms with Crippen LogP contribution < -0.4 is 5.32 Å². The molecule has 2 atom stereocenters.